The molecule has 0 amide bonds. The van der Waals surface area contributed by atoms with Crippen LogP contribution in [-0.4, -0.2) is 11.8 Å². The molecule has 0 aromatic heterocycles. The highest BCUT2D eigenvalue weighted by molar-refractivity contribution is 9.10. The number of ketones is 1. The lowest BCUT2D eigenvalue weighted by atomic mass is 10.0. The lowest BCUT2D eigenvalue weighted by Crippen LogP contribution is -2.05. The second-order valence-corrected chi connectivity index (χ2v) is 6.39. The molecular formula is C21H15BrO3. The number of halogens is 1. The zero-order chi connectivity index (χ0) is 17.6. The highest BCUT2D eigenvalue weighted by atomic mass is 79.9. The highest BCUT2D eigenvalue weighted by Gasteiger charge is 2.10. The average Bonchev–Trinajstić information content (AvgIpc) is 2.67. The minimum Gasteiger partial charge on any atom is -0.457 e. The van der Waals surface area contributed by atoms with Gasteiger partial charge in [-0.25, -0.2) is 4.79 Å². The van der Waals surface area contributed by atoms with Crippen molar-refractivity contribution in [3.63, 3.8) is 0 Å². The van der Waals surface area contributed by atoms with E-state index in [2.05, 4.69) is 15.9 Å². The summed E-state index contributed by atoms with van der Waals surface area (Å²) < 4.78 is 6.21. The molecule has 0 aliphatic rings. The van der Waals surface area contributed by atoms with Gasteiger partial charge in [-0.05, 0) is 29.8 Å². The summed E-state index contributed by atoms with van der Waals surface area (Å²) in [6.07, 6.45) is 0. The van der Waals surface area contributed by atoms with E-state index in [0.717, 1.165) is 10.0 Å². The molecule has 124 valence electrons. The van der Waals surface area contributed by atoms with Crippen LogP contribution in [-0.2, 0) is 11.3 Å². The Balaban J connectivity index is 1.62. The number of carbonyl (C=O) groups is 2. The maximum absolute atomic E-state index is 12.3. The zero-order valence-electron chi connectivity index (χ0n) is 13.3. The van der Waals surface area contributed by atoms with E-state index in [1.54, 1.807) is 60.7 Å². The molecule has 3 aromatic carbocycles. The van der Waals surface area contributed by atoms with Crippen LogP contribution in [0, 0.1) is 0 Å². The van der Waals surface area contributed by atoms with Gasteiger partial charge in [-0.1, -0.05) is 70.5 Å². The quantitative estimate of drug-likeness (QED) is 0.449. The third kappa shape index (κ3) is 4.43. The fourth-order valence-corrected chi connectivity index (χ4v) is 2.59. The van der Waals surface area contributed by atoms with E-state index in [1.807, 2.05) is 18.2 Å². The first-order valence-corrected chi connectivity index (χ1v) is 8.54. The summed E-state index contributed by atoms with van der Waals surface area (Å²) in [4.78, 5) is 24.3. The number of rotatable bonds is 5. The number of hydrogen-bond acceptors (Lipinski definition) is 3. The van der Waals surface area contributed by atoms with Crippen LogP contribution in [0.4, 0.5) is 0 Å². The Morgan fingerprint density at radius 3 is 1.92 bits per heavy atom. The first-order chi connectivity index (χ1) is 12.1. The van der Waals surface area contributed by atoms with Gasteiger partial charge in [0.05, 0.1) is 5.56 Å². The SMILES string of the molecule is O=C(OCc1ccc(C(=O)c2ccccc2)cc1)c1ccc(Br)cc1. The number of benzene rings is 3. The molecule has 0 radical (unpaired) electrons. The Morgan fingerprint density at radius 2 is 1.28 bits per heavy atom. The first-order valence-electron chi connectivity index (χ1n) is 7.75. The lowest BCUT2D eigenvalue weighted by Gasteiger charge is -2.06. The third-order valence-electron chi connectivity index (χ3n) is 3.70. The van der Waals surface area contributed by atoms with Crippen LogP contribution in [0.1, 0.15) is 31.8 Å². The maximum atomic E-state index is 12.3. The Kier molecular flexibility index (Phi) is 5.41. The van der Waals surface area contributed by atoms with Gasteiger partial charge in [0, 0.05) is 15.6 Å². The highest BCUT2D eigenvalue weighted by Crippen LogP contribution is 2.14. The van der Waals surface area contributed by atoms with Gasteiger partial charge in [-0.2, -0.15) is 0 Å². The normalized spacial score (nSPS) is 10.3. The van der Waals surface area contributed by atoms with Crippen LogP contribution in [0.2, 0.25) is 0 Å². The van der Waals surface area contributed by atoms with Crippen LogP contribution in [0.25, 0.3) is 0 Å². The molecule has 0 aliphatic heterocycles. The lowest BCUT2D eigenvalue weighted by molar-refractivity contribution is 0.0472. The Hall–Kier alpha value is -2.72. The molecule has 4 heteroatoms. The average molecular weight is 395 g/mol. The molecule has 0 N–H and O–H groups in total. The molecule has 3 nitrogen and oxygen atoms in total. The summed E-state index contributed by atoms with van der Waals surface area (Å²) in [5.74, 6) is -0.407. The van der Waals surface area contributed by atoms with E-state index in [0.29, 0.717) is 16.7 Å². The van der Waals surface area contributed by atoms with Gasteiger partial charge >= 0.3 is 5.97 Å². The molecule has 0 aliphatic carbocycles. The van der Waals surface area contributed by atoms with E-state index >= 15 is 0 Å². The summed E-state index contributed by atoms with van der Waals surface area (Å²) in [5, 5.41) is 0. The van der Waals surface area contributed by atoms with E-state index in [9.17, 15) is 9.59 Å². The standard InChI is InChI=1S/C21H15BrO3/c22-19-12-10-18(11-13-19)21(24)25-14-15-6-8-17(9-7-15)20(23)16-4-2-1-3-5-16/h1-13H,14H2. The molecular weight excluding hydrogens is 380 g/mol. The van der Waals surface area contributed by atoms with Crippen LogP contribution in [0.5, 0.6) is 0 Å². The molecule has 3 rings (SSSR count). The van der Waals surface area contributed by atoms with Crippen LogP contribution < -0.4 is 0 Å². The number of hydrogen-bond donors (Lipinski definition) is 0. The molecule has 25 heavy (non-hydrogen) atoms. The van der Waals surface area contributed by atoms with Gasteiger partial charge in [-0.15, -0.1) is 0 Å². The Morgan fingerprint density at radius 1 is 0.720 bits per heavy atom. The van der Waals surface area contributed by atoms with E-state index < -0.39 is 0 Å². The Bertz CT molecular complexity index is 869. The largest absolute Gasteiger partial charge is 0.457 e. The number of esters is 1. The molecule has 0 unspecified atom stereocenters. The predicted octanol–water partition coefficient (Wildman–Crippen LogP) is 5.04. The summed E-state index contributed by atoms with van der Waals surface area (Å²) >= 11 is 3.33. The first kappa shape index (κ1) is 17.1. The molecule has 0 saturated carbocycles. The van der Waals surface area contributed by atoms with Crippen LogP contribution in [0.3, 0.4) is 0 Å². The van der Waals surface area contributed by atoms with Gasteiger partial charge in [-0.3, -0.25) is 4.79 Å². The predicted molar refractivity (Wildman–Crippen MR) is 99.6 cm³/mol. The number of ether oxygens (including phenoxy) is 1. The van der Waals surface area contributed by atoms with Crippen molar-refractivity contribution < 1.29 is 14.3 Å². The van der Waals surface area contributed by atoms with Crippen LogP contribution in [0.15, 0.2) is 83.3 Å². The summed E-state index contributed by atoms with van der Waals surface area (Å²) in [7, 11) is 0. The summed E-state index contributed by atoms with van der Waals surface area (Å²) in [6.45, 7) is 0.161. The van der Waals surface area contributed by atoms with Gasteiger partial charge in [0.15, 0.2) is 5.78 Å². The van der Waals surface area contributed by atoms with Crippen molar-refractivity contribution in [3.8, 4) is 0 Å². The second kappa shape index (κ2) is 7.90. The molecule has 0 heterocycles. The summed E-state index contributed by atoms with van der Waals surface area (Å²) in [6, 6.07) is 23.2. The van der Waals surface area contributed by atoms with Crippen molar-refractivity contribution in [2.24, 2.45) is 0 Å². The van der Waals surface area contributed by atoms with E-state index in [-0.39, 0.29) is 18.4 Å². The van der Waals surface area contributed by atoms with Crippen molar-refractivity contribution in [1.82, 2.24) is 0 Å². The van der Waals surface area contributed by atoms with Crippen molar-refractivity contribution in [2.75, 3.05) is 0 Å². The Labute approximate surface area is 154 Å². The van der Waals surface area contributed by atoms with Gasteiger partial charge in [0.25, 0.3) is 0 Å². The van der Waals surface area contributed by atoms with Gasteiger partial charge in [0.1, 0.15) is 6.61 Å². The minimum atomic E-state index is -0.378. The molecule has 0 spiro atoms. The smallest absolute Gasteiger partial charge is 0.338 e. The molecule has 0 atom stereocenters. The summed E-state index contributed by atoms with van der Waals surface area (Å²) in [5.41, 5.74) is 2.58. The third-order valence-corrected chi connectivity index (χ3v) is 4.23. The maximum Gasteiger partial charge on any atom is 0.338 e. The second-order valence-electron chi connectivity index (χ2n) is 5.48. The monoisotopic (exact) mass is 394 g/mol. The van der Waals surface area contributed by atoms with Crippen LogP contribution >= 0.6 is 15.9 Å². The van der Waals surface area contributed by atoms with Crippen molar-refractivity contribution >= 4 is 27.7 Å². The van der Waals surface area contributed by atoms with Gasteiger partial charge < -0.3 is 4.74 Å². The fraction of sp³-hybridized carbons (Fsp3) is 0.0476. The van der Waals surface area contributed by atoms with E-state index in [4.69, 9.17) is 4.74 Å². The topological polar surface area (TPSA) is 43.4 Å². The van der Waals surface area contributed by atoms with Crippen molar-refractivity contribution in [2.45, 2.75) is 6.61 Å². The minimum absolute atomic E-state index is 0.0287. The number of carbonyl (C=O) groups excluding carboxylic acids is 2. The van der Waals surface area contributed by atoms with Gasteiger partial charge in [0.2, 0.25) is 0 Å². The molecule has 0 fully saturated rings. The van der Waals surface area contributed by atoms with E-state index in [1.165, 1.54) is 0 Å². The molecule has 0 bridgehead atoms. The van der Waals surface area contributed by atoms with Crippen molar-refractivity contribution in [3.05, 3.63) is 106 Å². The fourth-order valence-electron chi connectivity index (χ4n) is 2.33. The molecule has 0 saturated heterocycles. The molecule has 3 aromatic rings. The van der Waals surface area contributed by atoms with Crippen molar-refractivity contribution in [1.29, 1.82) is 0 Å². The zero-order valence-corrected chi connectivity index (χ0v) is 14.9.